The molecule has 1 N–H and O–H groups in total. The van der Waals surface area contributed by atoms with E-state index in [0.29, 0.717) is 18.5 Å². The summed E-state index contributed by atoms with van der Waals surface area (Å²) in [5.41, 5.74) is 0.901. The average Bonchev–Trinajstić information content (AvgIpc) is 2.66. The molecule has 1 aromatic rings. The molecule has 1 saturated heterocycles. The van der Waals surface area contributed by atoms with Crippen LogP contribution in [0.1, 0.15) is 19.8 Å². The zero-order valence-corrected chi connectivity index (χ0v) is 11.2. The molecular formula is C14H18F2N2O2. The van der Waals surface area contributed by atoms with Crippen molar-refractivity contribution in [2.24, 2.45) is 0 Å². The number of amides is 1. The molecule has 2 heterocycles. The second-order valence-corrected chi connectivity index (χ2v) is 5.43. The third-order valence-electron chi connectivity index (χ3n) is 4.26. The van der Waals surface area contributed by atoms with E-state index >= 15 is 0 Å². The van der Waals surface area contributed by atoms with E-state index in [2.05, 4.69) is 15.0 Å². The second kappa shape index (κ2) is 4.70. The summed E-state index contributed by atoms with van der Waals surface area (Å²) in [7, 11) is 2.01. The number of ether oxygens (including phenoxy) is 1. The Balaban J connectivity index is 0.00000161. The lowest BCUT2D eigenvalue weighted by atomic mass is 9.74. The van der Waals surface area contributed by atoms with Crippen molar-refractivity contribution < 1.29 is 19.7 Å². The van der Waals surface area contributed by atoms with Crippen LogP contribution in [0.3, 0.4) is 0 Å². The lowest BCUT2D eigenvalue weighted by Gasteiger charge is -2.36. The van der Waals surface area contributed by atoms with E-state index in [0.717, 1.165) is 18.7 Å². The Bertz CT molecular complexity index is 546. The molecule has 20 heavy (non-hydrogen) atoms. The fraction of sp³-hybridized carbons (Fsp3) is 0.500. The molecule has 1 fully saturated rings. The quantitative estimate of drug-likeness (QED) is 0.907. The Morgan fingerprint density at radius 2 is 2.10 bits per heavy atom. The predicted octanol–water partition coefficient (Wildman–Crippen LogP) is 2.45. The number of halogens is 2. The molecule has 2 aliphatic heterocycles. The minimum absolute atomic E-state index is 0. The van der Waals surface area contributed by atoms with Gasteiger partial charge in [-0.25, -0.2) is 0 Å². The summed E-state index contributed by atoms with van der Waals surface area (Å²) >= 11 is 0. The molecule has 3 rings (SSSR count). The minimum atomic E-state index is -2.86. The number of fused-ring (bicyclic) bond motifs is 2. The molecule has 1 amide bonds. The van der Waals surface area contributed by atoms with Crippen molar-refractivity contribution >= 4 is 11.6 Å². The zero-order valence-electron chi connectivity index (χ0n) is 11.2. The predicted molar refractivity (Wildman–Crippen MR) is 72.2 cm³/mol. The summed E-state index contributed by atoms with van der Waals surface area (Å²) in [5.74, 6) is 0.0725. The van der Waals surface area contributed by atoms with Gasteiger partial charge in [0.15, 0.2) is 0 Å². The smallest absolute Gasteiger partial charge is 0.387 e. The van der Waals surface area contributed by atoms with Gasteiger partial charge in [-0.05, 0) is 56.7 Å². The van der Waals surface area contributed by atoms with Crippen LogP contribution in [0.4, 0.5) is 14.5 Å². The number of likely N-dealkylation sites (tertiary alicyclic amines) is 1. The Morgan fingerprint density at radius 1 is 1.40 bits per heavy atom. The number of hydrogen-bond acceptors (Lipinski definition) is 3. The zero-order chi connectivity index (χ0) is 14.3. The topological polar surface area (TPSA) is 41.6 Å². The van der Waals surface area contributed by atoms with Gasteiger partial charge in [0.1, 0.15) is 5.75 Å². The molecule has 0 radical (unpaired) electrons. The summed E-state index contributed by atoms with van der Waals surface area (Å²) in [6, 6.07) is 4.67. The molecule has 6 heteroatoms. The van der Waals surface area contributed by atoms with Crippen LogP contribution in [0.15, 0.2) is 18.2 Å². The first-order valence-electron chi connectivity index (χ1n) is 6.61. The Labute approximate surface area is 117 Å². The van der Waals surface area contributed by atoms with Gasteiger partial charge >= 0.3 is 6.61 Å². The molecule has 4 nitrogen and oxygen atoms in total. The van der Waals surface area contributed by atoms with Gasteiger partial charge in [0.25, 0.3) is 0 Å². The van der Waals surface area contributed by atoms with Gasteiger partial charge in [0.05, 0.1) is 5.41 Å². The first-order valence-corrected chi connectivity index (χ1v) is 6.61. The monoisotopic (exact) mass is 284 g/mol. The van der Waals surface area contributed by atoms with Gasteiger partial charge in [-0.1, -0.05) is 0 Å². The standard InChI is InChI=1S/C14H16F2N2O2.H2/c1-18-6-4-14(5-7-18)10-8-9(20-13(15)16)2-3-11(10)17-12(14)19;/h2-3,8,13H,4-7H2,1H3,(H,17,19);1H. The first-order chi connectivity index (χ1) is 9.51. The van der Waals surface area contributed by atoms with Crippen LogP contribution in [0.25, 0.3) is 0 Å². The number of alkyl halides is 2. The number of nitrogens with one attached hydrogen (secondary N) is 1. The van der Waals surface area contributed by atoms with Crippen molar-refractivity contribution in [2.75, 3.05) is 25.5 Å². The number of carbonyl (C=O) groups is 1. The summed E-state index contributed by atoms with van der Waals surface area (Å²) in [4.78, 5) is 14.5. The molecule has 1 spiro atoms. The van der Waals surface area contributed by atoms with Crippen LogP contribution in [0.2, 0.25) is 0 Å². The normalized spacial score (nSPS) is 21.1. The van der Waals surface area contributed by atoms with E-state index in [4.69, 9.17) is 0 Å². The molecule has 2 aliphatic rings. The van der Waals surface area contributed by atoms with Crippen molar-refractivity contribution in [3.05, 3.63) is 23.8 Å². The van der Waals surface area contributed by atoms with Crippen LogP contribution < -0.4 is 10.1 Å². The van der Waals surface area contributed by atoms with E-state index < -0.39 is 12.0 Å². The summed E-state index contributed by atoms with van der Waals surface area (Å²) in [6.07, 6.45) is 1.39. The van der Waals surface area contributed by atoms with E-state index in [1.54, 1.807) is 12.1 Å². The highest BCUT2D eigenvalue weighted by Gasteiger charge is 2.48. The number of hydrogen-bond donors (Lipinski definition) is 1. The fourth-order valence-electron chi connectivity index (χ4n) is 3.07. The van der Waals surface area contributed by atoms with Gasteiger partial charge in [-0.2, -0.15) is 8.78 Å². The molecule has 110 valence electrons. The molecule has 0 saturated carbocycles. The third kappa shape index (κ3) is 2.04. The number of piperidine rings is 1. The van der Waals surface area contributed by atoms with Gasteiger partial charge in [-0.15, -0.1) is 0 Å². The van der Waals surface area contributed by atoms with Gasteiger partial charge in [-0.3, -0.25) is 4.79 Å². The van der Waals surface area contributed by atoms with Gasteiger partial charge in [0.2, 0.25) is 5.91 Å². The highest BCUT2D eigenvalue weighted by molar-refractivity contribution is 6.06. The SMILES string of the molecule is CN1CCC2(CC1)C(=O)Nc1ccc(OC(F)F)cc12.[HH]. The van der Waals surface area contributed by atoms with E-state index in [9.17, 15) is 13.6 Å². The van der Waals surface area contributed by atoms with Crippen LogP contribution in [0.5, 0.6) is 5.75 Å². The minimum Gasteiger partial charge on any atom is -0.435 e. The number of anilines is 1. The molecule has 1 aromatic carbocycles. The molecule has 0 unspecified atom stereocenters. The second-order valence-electron chi connectivity index (χ2n) is 5.43. The Morgan fingerprint density at radius 3 is 2.75 bits per heavy atom. The van der Waals surface area contributed by atoms with E-state index in [1.165, 1.54) is 6.07 Å². The van der Waals surface area contributed by atoms with Crippen molar-refractivity contribution in [1.82, 2.24) is 4.90 Å². The number of nitrogens with zero attached hydrogens (tertiary/aromatic N) is 1. The van der Waals surface area contributed by atoms with Crippen LogP contribution in [-0.2, 0) is 10.2 Å². The summed E-state index contributed by atoms with van der Waals surface area (Å²) in [6.45, 7) is -1.23. The van der Waals surface area contributed by atoms with Crippen LogP contribution >= 0.6 is 0 Å². The molecule has 0 bridgehead atoms. The van der Waals surface area contributed by atoms with Crippen LogP contribution in [0, 0.1) is 0 Å². The molecule has 0 aromatic heterocycles. The number of carbonyl (C=O) groups excluding carboxylic acids is 1. The lowest BCUT2D eigenvalue weighted by Crippen LogP contribution is -2.45. The Kier molecular flexibility index (Phi) is 3.12. The molecular weight excluding hydrogens is 266 g/mol. The maximum absolute atomic E-state index is 12.3. The number of benzene rings is 1. The van der Waals surface area contributed by atoms with Crippen molar-refractivity contribution in [3.8, 4) is 5.75 Å². The maximum atomic E-state index is 12.3. The first kappa shape index (κ1) is 13.3. The lowest BCUT2D eigenvalue weighted by molar-refractivity contribution is -0.122. The average molecular weight is 284 g/mol. The van der Waals surface area contributed by atoms with E-state index in [1.807, 2.05) is 7.05 Å². The van der Waals surface area contributed by atoms with Crippen molar-refractivity contribution in [1.29, 1.82) is 0 Å². The van der Waals surface area contributed by atoms with Gasteiger partial charge in [0, 0.05) is 7.11 Å². The number of rotatable bonds is 2. The van der Waals surface area contributed by atoms with Crippen molar-refractivity contribution in [2.45, 2.75) is 24.9 Å². The molecule has 0 aliphatic carbocycles. The fourth-order valence-corrected chi connectivity index (χ4v) is 3.07. The third-order valence-corrected chi connectivity index (χ3v) is 4.26. The van der Waals surface area contributed by atoms with E-state index in [-0.39, 0.29) is 13.1 Å². The summed E-state index contributed by atoms with van der Waals surface area (Å²) < 4.78 is 29.1. The van der Waals surface area contributed by atoms with Crippen molar-refractivity contribution in [3.63, 3.8) is 0 Å². The molecule has 0 atom stereocenters. The van der Waals surface area contributed by atoms with Gasteiger partial charge < -0.3 is 15.0 Å². The largest absolute Gasteiger partial charge is 0.435 e. The highest BCUT2D eigenvalue weighted by Crippen LogP contribution is 2.46. The highest BCUT2D eigenvalue weighted by atomic mass is 19.3. The summed E-state index contributed by atoms with van der Waals surface area (Å²) in [5, 5.41) is 2.85. The van der Waals surface area contributed by atoms with Crippen LogP contribution in [-0.4, -0.2) is 37.6 Å². The maximum Gasteiger partial charge on any atom is 0.387 e. The Hall–Kier alpha value is -1.69.